The molecule has 1 rings (SSSR count). The number of ether oxygens (including phenoxy) is 1. The molecule has 1 aromatic rings. The van der Waals surface area contributed by atoms with Crippen LogP contribution in [-0.2, 0) is 0 Å². The summed E-state index contributed by atoms with van der Waals surface area (Å²) in [6.45, 7) is 1.90. The molecule has 2 N–H and O–H groups in total. The van der Waals surface area contributed by atoms with E-state index in [0.717, 1.165) is 0 Å². The van der Waals surface area contributed by atoms with Crippen LogP contribution in [0.15, 0.2) is 0 Å². The second-order valence-electron chi connectivity index (χ2n) is 3.34. The molecule has 90 valence electrons. The van der Waals surface area contributed by atoms with Crippen molar-refractivity contribution in [2.75, 3.05) is 38.0 Å². The van der Waals surface area contributed by atoms with Gasteiger partial charge in [0, 0.05) is 14.1 Å². The lowest BCUT2D eigenvalue weighted by molar-refractivity contribution is 0.269. The van der Waals surface area contributed by atoms with Gasteiger partial charge in [0.05, 0.1) is 19.8 Å². The number of rotatable bonds is 5. The van der Waals surface area contributed by atoms with Crippen molar-refractivity contribution in [3.05, 3.63) is 0 Å². The largest absolute Gasteiger partial charge is 0.467 e. The van der Waals surface area contributed by atoms with Gasteiger partial charge in [-0.05, 0) is 6.92 Å². The predicted molar refractivity (Wildman–Crippen MR) is 60.9 cm³/mol. The molecule has 1 unspecified atom stereocenters. The van der Waals surface area contributed by atoms with E-state index < -0.39 is 0 Å². The molecule has 1 heterocycles. The summed E-state index contributed by atoms with van der Waals surface area (Å²) in [7, 11) is 5.01. The molecular formula is C9H17N5O2. The summed E-state index contributed by atoms with van der Waals surface area (Å²) in [5.41, 5.74) is 0. The van der Waals surface area contributed by atoms with Crippen LogP contribution in [0.2, 0.25) is 0 Å². The van der Waals surface area contributed by atoms with E-state index >= 15 is 0 Å². The monoisotopic (exact) mass is 227 g/mol. The highest BCUT2D eigenvalue weighted by atomic mass is 16.5. The molecule has 0 bridgehead atoms. The molecule has 0 amide bonds. The molecule has 0 aliphatic heterocycles. The predicted octanol–water partition coefficient (Wildman–Crippen LogP) is -0.261. The summed E-state index contributed by atoms with van der Waals surface area (Å²) in [5, 5.41) is 11.9. The topological polar surface area (TPSA) is 83.4 Å². The maximum absolute atomic E-state index is 9.06. The second-order valence-corrected chi connectivity index (χ2v) is 3.34. The summed E-state index contributed by atoms with van der Waals surface area (Å²) >= 11 is 0. The van der Waals surface area contributed by atoms with Crippen LogP contribution in [0.4, 0.5) is 11.9 Å². The zero-order valence-corrected chi connectivity index (χ0v) is 9.93. The Bertz CT molecular complexity index is 324. The van der Waals surface area contributed by atoms with Crippen LogP contribution in [-0.4, -0.2) is 53.9 Å². The zero-order valence-electron chi connectivity index (χ0n) is 9.93. The number of nitrogens with zero attached hydrogens (tertiary/aromatic N) is 4. The lowest BCUT2D eigenvalue weighted by Crippen LogP contribution is -2.33. The van der Waals surface area contributed by atoms with E-state index in [4.69, 9.17) is 9.84 Å². The molecule has 1 aromatic heterocycles. The first-order valence-corrected chi connectivity index (χ1v) is 4.93. The van der Waals surface area contributed by atoms with Crippen molar-refractivity contribution in [2.24, 2.45) is 0 Å². The number of methoxy groups -OCH3 is 1. The smallest absolute Gasteiger partial charge is 0.322 e. The van der Waals surface area contributed by atoms with Crippen LogP contribution >= 0.6 is 0 Å². The van der Waals surface area contributed by atoms with Gasteiger partial charge in [-0.2, -0.15) is 15.0 Å². The number of aliphatic hydroxyl groups is 1. The van der Waals surface area contributed by atoms with Gasteiger partial charge in [-0.1, -0.05) is 0 Å². The second kappa shape index (κ2) is 5.45. The van der Waals surface area contributed by atoms with Gasteiger partial charge < -0.3 is 20.1 Å². The number of anilines is 2. The Morgan fingerprint density at radius 3 is 2.62 bits per heavy atom. The van der Waals surface area contributed by atoms with E-state index in [1.165, 1.54) is 7.11 Å². The fourth-order valence-corrected chi connectivity index (χ4v) is 1.03. The summed E-state index contributed by atoms with van der Waals surface area (Å²) in [4.78, 5) is 14.0. The van der Waals surface area contributed by atoms with Gasteiger partial charge in [-0.3, -0.25) is 0 Å². The van der Waals surface area contributed by atoms with Crippen molar-refractivity contribution in [3.63, 3.8) is 0 Å². The van der Waals surface area contributed by atoms with Gasteiger partial charge >= 0.3 is 6.01 Å². The van der Waals surface area contributed by atoms with Crippen molar-refractivity contribution in [3.8, 4) is 6.01 Å². The average Bonchev–Trinajstić information content (AvgIpc) is 2.35. The van der Waals surface area contributed by atoms with Gasteiger partial charge in [0.25, 0.3) is 0 Å². The van der Waals surface area contributed by atoms with E-state index in [1.54, 1.807) is 19.0 Å². The Kier molecular flexibility index (Phi) is 4.24. The van der Waals surface area contributed by atoms with Crippen molar-refractivity contribution >= 4 is 11.9 Å². The Balaban J connectivity index is 3.02. The molecule has 16 heavy (non-hydrogen) atoms. The first-order chi connectivity index (χ1) is 7.62. The first-order valence-electron chi connectivity index (χ1n) is 4.93. The minimum atomic E-state index is -0.0724. The maximum atomic E-state index is 9.06. The van der Waals surface area contributed by atoms with E-state index in [-0.39, 0.29) is 18.7 Å². The molecule has 7 nitrogen and oxygen atoms in total. The highest BCUT2D eigenvalue weighted by molar-refractivity contribution is 5.38. The van der Waals surface area contributed by atoms with Gasteiger partial charge in [-0.25, -0.2) is 0 Å². The Morgan fingerprint density at radius 2 is 2.12 bits per heavy atom. The summed E-state index contributed by atoms with van der Waals surface area (Å²) in [6.07, 6.45) is 0. The SMILES string of the molecule is CNc1nc(OC)nc(N(C)C(C)CO)n1. The van der Waals surface area contributed by atoms with Crippen molar-refractivity contribution in [1.82, 2.24) is 15.0 Å². The molecule has 0 spiro atoms. The third-order valence-electron chi connectivity index (χ3n) is 2.25. The van der Waals surface area contributed by atoms with Gasteiger partial charge in [0.15, 0.2) is 0 Å². The van der Waals surface area contributed by atoms with Gasteiger partial charge in [-0.15, -0.1) is 0 Å². The van der Waals surface area contributed by atoms with Crippen LogP contribution in [0.5, 0.6) is 6.01 Å². The maximum Gasteiger partial charge on any atom is 0.322 e. The number of aliphatic hydroxyl groups excluding tert-OH is 1. The minimum Gasteiger partial charge on any atom is -0.467 e. The Morgan fingerprint density at radius 1 is 1.44 bits per heavy atom. The van der Waals surface area contributed by atoms with Crippen LogP contribution in [0.25, 0.3) is 0 Å². The fourth-order valence-electron chi connectivity index (χ4n) is 1.03. The standard InChI is InChI=1S/C9H17N5O2/c1-6(5-15)14(3)8-11-7(10-2)12-9(13-8)16-4/h6,15H,5H2,1-4H3,(H,10,11,12,13). The number of aromatic nitrogens is 3. The van der Waals surface area contributed by atoms with Crippen LogP contribution < -0.4 is 15.0 Å². The molecule has 0 saturated carbocycles. The average molecular weight is 227 g/mol. The lowest BCUT2D eigenvalue weighted by Gasteiger charge is -2.23. The quantitative estimate of drug-likeness (QED) is 0.717. The lowest BCUT2D eigenvalue weighted by atomic mass is 10.3. The van der Waals surface area contributed by atoms with Crippen LogP contribution in [0.3, 0.4) is 0 Å². The van der Waals surface area contributed by atoms with Crippen LogP contribution in [0, 0.1) is 0 Å². The van der Waals surface area contributed by atoms with Gasteiger partial charge in [0.2, 0.25) is 11.9 Å². The molecule has 0 saturated heterocycles. The van der Waals surface area contributed by atoms with Crippen LogP contribution in [0.1, 0.15) is 6.92 Å². The Hall–Kier alpha value is -1.63. The van der Waals surface area contributed by atoms with Crippen molar-refractivity contribution < 1.29 is 9.84 Å². The zero-order chi connectivity index (χ0) is 12.1. The first kappa shape index (κ1) is 12.4. The van der Waals surface area contributed by atoms with E-state index in [2.05, 4.69) is 20.3 Å². The third-order valence-corrected chi connectivity index (χ3v) is 2.25. The fraction of sp³-hybridized carbons (Fsp3) is 0.667. The van der Waals surface area contributed by atoms with Crippen molar-refractivity contribution in [1.29, 1.82) is 0 Å². The minimum absolute atomic E-state index is 0.0272. The molecule has 0 aliphatic rings. The van der Waals surface area contributed by atoms with E-state index in [0.29, 0.717) is 11.9 Å². The van der Waals surface area contributed by atoms with E-state index in [1.807, 2.05) is 6.92 Å². The van der Waals surface area contributed by atoms with Crippen molar-refractivity contribution in [2.45, 2.75) is 13.0 Å². The molecular weight excluding hydrogens is 210 g/mol. The number of likely N-dealkylation sites (N-methyl/N-ethyl adjacent to an activating group) is 1. The summed E-state index contributed by atoms with van der Waals surface area (Å²) in [6, 6.07) is 0.170. The molecule has 1 atom stereocenters. The van der Waals surface area contributed by atoms with Gasteiger partial charge in [0.1, 0.15) is 0 Å². The Labute approximate surface area is 94.5 Å². The number of nitrogens with one attached hydrogen (secondary N) is 1. The summed E-state index contributed by atoms with van der Waals surface area (Å²) in [5.74, 6) is 0.886. The molecule has 0 radical (unpaired) electrons. The normalized spacial score (nSPS) is 12.1. The number of hydrogen-bond acceptors (Lipinski definition) is 7. The molecule has 0 aromatic carbocycles. The van der Waals surface area contributed by atoms with E-state index in [9.17, 15) is 0 Å². The highest BCUT2D eigenvalue weighted by Crippen LogP contribution is 2.14. The summed E-state index contributed by atoms with van der Waals surface area (Å²) < 4.78 is 4.97. The number of hydrogen-bond donors (Lipinski definition) is 2. The molecule has 0 aliphatic carbocycles. The molecule has 7 heteroatoms. The molecule has 0 fully saturated rings. The third kappa shape index (κ3) is 2.69. The highest BCUT2D eigenvalue weighted by Gasteiger charge is 2.14.